The monoisotopic (exact) mass is 324 g/mol. The number of carbonyl (C=O) groups excluding carboxylic acids is 1. The van der Waals surface area contributed by atoms with Crippen LogP contribution in [0, 0.1) is 11.3 Å². The number of nitrogens with one attached hydrogen (secondary N) is 1. The minimum Gasteiger partial charge on any atom is -0.489 e. The summed E-state index contributed by atoms with van der Waals surface area (Å²) in [4.78, 5) is 11.6. The lowest BCUT2D eigenvalue weighted by Gasteiger charge is -2.16. The Balaban J connectivity index is 1.91. The first kappa shape index (κ1) is 17.4. The Labute approximate surface area is 141 Å². The molecule has 5 nitrogen and oxygen atoms in total. The lowest BCUT2D eigenvalue weighted by Crippen LogP contribution is -2.35. The normalized spacial score (nSPS) is 11.2. The Morgan fingerprint density at radius 3 is 2.29 bits per heavy atom. The van der Waals surface area contributed by atoms with E-state index in [4.69, 9.17) is 14.7 Å². The lowest BCUT2D eigenvalue weighted by atomic mass is 10.2. The maximum Gasteiger partial charge on any atom is 0.260 e. The smallest absolute Gasteiger partial charge is 0.260 e. The highest BCUT2D eigenvalue weighted by molar-refractivity contribution is 5.80. The van der Waals surface area contributed by atoms with Crippen molar-refractivity contribution in [1.82, 2.24) is 5.32 Å². The van der Waals surface area contributed by atoms with Gasteiger partial charge < -0.3 is 14.8 Å². The van der Waals surface area contributed by atoms with Gasteiger partial charge in [0.15, 0.2) is 6.10 Å². The van der Waals surface area contributed by atoms with E-state index < -0.39 is 6.10 Å². The summed E-state index contributed by atoms with van der Waals surface area (Å²) in [6, 6.07) is 16.5. The van der Waals surface area contributed by atoms with Gasteiger partial charge in [-0.25, -0.2) is 0 Å². The van der Waals surface area contributed by atoms with Crippen LogP contribution in [0.25, 0.3) is 0 Å². The molecule has 0 fully saturated rings. The van der Waals surface area contributed by atoms with Gasteiger partial charge in [0.1, 0.15) is 18.1 Å². The third-order valence-electron chi connectivity index (χ3n) is 3.50. The molecule has 2 aromatic rings. The van der Waals surface area contributed by atoms with Crippen molar-refractivity contribution >= 4 is 5.91 Å². The zero-order chi connectivity index (χ0) is 17.4. The van der Waals surface area contributed by atoms with Crippen LogP contribution in [0.15, 0.2) is 48.5 Å². The number of amides is 1. The number of nitriles is 1. The fourth-order valence-electron chi connectivity index (χ4n) is 2.10. The molecule has 5 heteroatoms. The lowest BCUT2D eigenvalue weighted by molar-refractivity contribution is -0.127. The van der Waals surface area contributed by atoms with Crippen LogP contribution in [0.2, 0.25) is 0 Å². The number of likely N-dealkylation sites (N-methyl/N-ethyl adjacent to an activating group) is 1. The van der Waals surface area contributed by atoms with Crippen molar-refractivity contribution in [1.29, 1.82) is 5.26 Å². The highest BCUT2D eigenvalue weighted by Gasteiger charge is 2.16. The van der Waals surface area contributed by atoms with Crippen molar-refractivity contribution in [2.45, 2.75) is 26.1 Å². The Morgan fingerprint density at radius 1 is 1.12 bits per heavy atom. The third kappa shape index (κ3) is 4.75. The van der Waals surface area contributed by atoms with E-state index in [0.717, 1.165) is 5.56 Å². The predicted octanol–water partition coefficient (Wildman–Crippen LogP) is 3.04. The van der Waals surface area contributed by atoms with Crippen LogP contribution in [0.5, 0.6) is 11.5 Å². The second-order valence-corrected chi connectivity index (χ2v) is 5.20. The first-order valence-electron chi connectivity index (χ1n) is 7.76. The van der Waals surface area contributed by atoms with E-state index in [9.17, 15) is 4.79 Å². The molecule has 2 aromatic carbocycles. The summed E-state index contributed by atoms with van der Waals surface area (Å²) in [5.74, 6) is 1.19. The van der Waals surface area contributed by atoms with Crippen LogP contribution in [-0.4, -0.2) is 19.1 Å². The fourth-order valence-corrected chi connectivity index (χ4v) is 2.10. The van der Waals surface area contributed by atoms with Gasteiger partial charge in [0, 0.05) is 7.05 Å². The number of hydrogen-bond acceptors (Lipinski definition) is 4. The van der Waals surface area contributed by atoms with Gasteiger partial charge in [0.25, 0.3) is 5.91 Å². The van der Waals surface area contributed by atoms with Crippen molar-refractivity contribution in [3.63, 3.8) is 0 Å². The van der Waals surface area contributed by atoms with Gasteiger partial charge in [-0.05, 0) is 48.4 Å². The molecule has 0 saturated heterocycles. The first-order valence-corrected chi connectivity index (χ1v) is 7.76. The molecule has 1 amide bonds. The highest BCUT2D eigenvalue weighted by atomic mass is 16.5. The van der Waals surface area contributed by atoms with E-state index in [2.05, 4.69) is 11.4 Å². The second kappa shape index (κ2) is 8.59. The van der Waals surface area contributed by atoms with E-state index in [1.807, 2.05) is 19.1 Å². The molecule has 0 bridgehead atoms. The molecule has 1 N–H and O–H groups in total. The molecule has 0 aliphatic rings. The van der Waals surface area contributed by atoms with E-state index in [1.165, 1.54) is 0 Å². The van der Waals surface area contributed by atoms with E-state index in [-0.39, 0.29) is 5.91 Å². The number of hydrogen-bond donors (Lipinski definition) is 1. The molecule has 0 aliphatic carbocycles. The molecule has 0 unspecified atom stereocenters. The van der Waals surface area contributed by atoms with E-state index in [1.54, 1.807) is 43.4 Å². The van der Waals surface area contributed by atoms with Crippen molar-refractivity contribution in [2.75, 3.05) is 7.05 Å². The number of nitrogens with zero attached hydrogens (tertiary/aromatic N) is 1. The summed E-state index contributed by atoms with van der Waals surface area (Å²) in [5, 5.41) is 11.4. The van der Waals surface area contributed by atoms with Gasteiger partial charge in [-0.1, -0.05) is 19.1 Å². The summed E-state index contributed by atoms with van der Waals surface area (Å²) in [5.41, 5.74) is 1.61. The molecule has 0 heterocycles. The van der Waals surface area contributed by atoms with Crippen LogP contribution in [0.1, 0.15) is 24.5 Å². The highest BCUT2D eigenvalue weighted by Crippen LogP contribution is 2.20. The van der Waals surface area contributed by atoms with Gasteiger partial charge >= 0.3 is 0 Å². The molecule has 1 atom stereocenters. The van der Waals surface area contributed by atoms with Crippen molar-refractivity contribution in [3.8, 4) is 17.6 Å². The number of carbonyl (C=O) groups is 1. The van der Waals surface area contributed by atoms with Crippen LogP contribution in [0.4, 0.5) is 0 Å². The molecule has 2 rings (SSSR count). The summed E-state index contributed by atoms with van der Waals surface area (Å²) in [6.07, 6.45) is 0.0943. The van der Waals surface area contributed by atoms with Crippen LogP contribution >= 0.6 is 0 Å². The molecule has 0 aromatic heterocycles. The topological polar surface area (TPSA) is 71.3 Å². The fraction of sp³-hybridized carbons (Fsp3) is 0.263. The quantitative estimate of drug-likeness (QED) is 0.850. The van der Waals surface area contributed by atoms with Gasteiger partial charge in [0.2, 0.25) is 0 Å². The largest absolute Gasteiger partial charge is 0.489 e. The Kier molecular flexibility index (Phi) is 6.21. The van der Waals surface area contributed by atoms with Crippen LogP contribution in [0.3, 0.4) is 0 Å². The summed E-state index contributed by atoms with van der Waals surface area (Å²) >= 11 is 0. The second-order valence-electron chi connectivity index (χ2n) is 5.20. The predicted molar refractivity (Wildman–Crippen MR) is 90.7 cm³/mol. The number of ether oxygens (including phenoxy) is 2. The van der Waals surface area contributed by atoms with E-state index >= 15 is 0 Å². The average molecular weight is 324 g/mol. The molecule has 0 saturated carbocycles. The minimum absolute atomic E-state index is 0.140. The van der Waals surface area contributed by atoms with Crippen molar-refractivity contribution in [2.24, 2.45) is 0 Å². The van der Waals surface area contributed by atoms with Crippen LogP contribution < -0.4 is 14.8 Å². The first-order chi connectivity index (χ1) is 11.7. The molecule has 124 valence electrons. The molecule has 0 spiro atoms. The SMILES string of the molecule is CC[C@H](Oc1ccc(OCc2ccc(C#N)cc2)cc1)C(=O)NC. The van der Waals surface area contributed by atoms with Crippen molar-refractivity contribution in [3.05, 3.63) is 59.7 Å². The van der Waals surface area contributed by atoms with Crippen LogP contribution in [-0.2, 0) is 11.4 Å². The maximum absolute atomic E-state index is 11.6. The van der Waals surface area contributed by atoms with Gasteiger partial charge in [0.05, 0.1) is 11.6 Å². The Hall–Kier alpha value is -3.00. The van der Waals surface area contributed by atoms with Crippen molar-refractivity contribution < 1.29 is 14.3 Å². The Bertz CT molecular complexity index is 703. The summed E-state index contributed by atoms with van der Waals surface area (Å²) in [6.45, 7) is 2.32. The van der Waals surface area contributed by atoms with Gasteiger partial charge in [-0.2, -0.15) is 5.26 Å². The minimum atomic E-state index is -0.500. The zero-order valence-electron chi connectivity index (χ0n) is 13.8. The number of benzene rings is 2. The molecule has 0 aliphatic heterocycles. The van der Waals surface area contributed by atoms with E-state index in [0.29, 0.717) is 30.1 Å². The molecule has 24 heavy (non-hydrogen) atoms. The van der Waals surface area contributed by atoms with Gasteiger partial charge in [-0.15, -0.1) is 0 Å². The third-order valence-corrected chi connectivity index (χ3v) is 3.50. The molecular weight excluding hydrogens is 304 g/mol. The molecule has 0 radical (unpaired) electrons. The summed E-state index contributed by atoms with van der Waals surface area (Å²) in [7, 11) is 1.59. The summed E-state index contributed by atoms with van der Waals surface area (Å²) < 4.78 is 11.4. The maximum atomic E-state index is 11.6. The number of rotatable bonds is 7. The standard InChI is InChI=1S/C19H20N2O3/c1-3-18(19(22)21-2)24-17-10-8-16(9-11-17)23-13-15-6-4-14(12-20)5-7-15/h4-11,18H,3,13H2,1-2H3,(H,21,22)/t18-/m0/s1. The van der Waals surface area contributed by atoms with Gasteiger partial charge in [-0.3, -0.25) is 4.79 Å². The Morgan fingerprint density at radius 2 is 1.75 bits per heavy atom. The molecular formula is C19H20N2O3. The average Bonchev–Trinajstić information content (AvgIpc) is 2.65. The zero-order valence-corrected chi connectivity index (χ0v) is 13.8.